The summed E-state index contributed by atoms with van der Waals surface area (Å²) in [6, 6.07) is -2.93. The van der Waals surface area contributed by atoms with E-state index in [9.17, 15) is 74.7 Å². The lowest BCUT2D eigenvalue weighted by Crippen LogP contribution is -2.71. The predicted molar refractivity (Wildman–Crippen MR) is 198 cm³/mol. The van der Waals surface area contributed by atoms with Crippen molar-refractivity contribution < 1.29 is 113 Å². The van der Waals surface area contributed by atoms with Gasteiger partial charge in [0.05, 0.1) is 25.4 Å². The van der Waals surface area contributed by atoms with Crippen molar-refractivity contribution in [2.24, 2.45) is 0 Å². The van der Waals surface area contributed by atoms with Crippen LogP contribution in [0.25, 0.3) is 0 Å². The molecule has 0 spiro atoms. The summed E-state index contributed by atoms with van der Waals surface area (Å²) in [4.78, 5) is 75.8. The lowest BCUT2D eigenvalue weighted by molar-refractivity contribution is -0.365. The van der Waals surface area contributed by atoms with Crippen LogP contribution in [-0.2, 0) is 66.7 Å². The molecular formula is C36H54N4O23. The smallest absolute Gasteiger partial charge is 0.335 e. The Hall–Kier alpha value is -3.88. The number of carboxylic acid groups (broad SMARTS) is 1. The van der Waals surface area contributed by atoms with E-state index in [1.54, 1.807) is 0 Å². The van der Waals surface area contributed by atoms with Crippen LogP contribution < -0.4 is 16.0 Å². The summed E-state index contributed by atoms with van der Waals surface area (Å²) in [5.74, 6) is -5.59. The molecule has 0 saturated carbocycles. The van der Waals surface area contributed by atoms with E-state index < -0.39 is 178 Å². The molecule has 12 N–H and O–H groups in total. The lowest BCUT2D eigenvalue weighted by atomic mass is 9.92. The Kier molecular flexibility index (Phi) is 17.0. The van der Waals surface area contributed by atoms with E-state index in [-0.39, 0.29) is 6.54 Å². The molecule has 0 aromatic carbocycles. The maximum atomic E-state index is 14.0. The molecule has 5 aliphatic heterocycles. The molecular weight excluding hydrogens is 856 g/mol. The second-order valence-corrected chi connectivity index (χ2v) is 15.3. The topological polar surface area (TPSA) is 398 Å². The van der Waals surface area contributed by atoms with Crippen LogP contribution in [0.5, 0.6) is 0 Å². The molecule has 20 unspecified atom stereocenters. The van der Waals surface area contributed by atoms with Crippen molar-refractivity contribution in [3.05, 3.63) is 12.2 Å². The number of nitrogens with one attached hydrogen (secondary N) is 3. The molecule has 5 amide bonds. The number of aliphatic carboxylic acids is 1. The van der Waals surface area contributed by atoms with Gasteiger partial charge in [0, 0.05) is 46.2 Å². The van der Waals surface area contributed by atoms with Gasteiger partial charge in [-0.3, -0.25) is 28.9 Å². The first-order chi connectivity index (χ1) is 29.7. The van der Waals surface area contributed by atoms with Gasteiger partial charge in [-0.15, -0.1) is 0 Å². The number of rotatable bonds is 16. The van der Waals surface area contributed by atoms with Crippen LogP contribution in [0.15, 0.2) is 12.2 Å². The van der Waals surface area contributed by atoms with Crippen LogP contribution >= 0.6 is 0 Å². The minimum Gasteiger partial charge on any atom is -0.479 e. The van der Waals surface area contributed by atoms with Crippen molar-refractivity contribution in [2.45, 2.75) is 143 Å². The zero-order chi connectivity index (χ0) is 46.6. The van der Waals surface area contributed by atoms with Gasteiger partial charge in [-0.05, 0) is 6.92 Å². The van der Waals surface area contributed by atoms with Gasteiger partial charge < -0.3 is 99.8 Å². The van der Waals surface area contributed by atoms with Crippen molar-refractivity contribution in [1.29, 1.82) is 0 Å². The quantitative estimate of drug-likeness (QED) is 0.0640. The Morgan fingerprint density at radius 3 is 1.63 bits per heavy atom. The van der Waals surface area contributed by atoms with Gasteiger partial charge >= 0.3 is 5.97 Å². The summed E-state index contributed by atoms with van der Waals surface area (Å²) in [5, 5.41) is 104. The maximum Gasteiger partial charge on any atom is 0.335 e. The molecule has 63 heavy (non-hydrogen) atoms. The third-order valence-corrected chi connectivity index (χ3v) is 11.0. The summed E-state index contributed by atoms with van der Waals surface area (Å²) in [6.07, 6.45) is -31.2. The molecule has 0 aliphatic carbocycles. The van der Waals surface area contributed by atoms with E-state index in [4.69, 9.17) is 37.9 Å². The fraction of sp³-hybridized carbons (Fsp3) is 0.778. The summed E-state index contributed by atoms with van der Waals surface area (Å²) in [7, 11) is 1.04. The molecule has 4 saturated heterocycles. The van der Waals surface area contributed by atoms with Crippen LogP contribution in [0, 0.1) is 0 Å². The van der Waals surface area contributed by atoms with Crippen LogP contribution in [0.1, 0.15) is 20.8 Å². The van der Waals surface area contributed by atoms with Crippen LogP contribution in [-0.4, -0.2) is 242 Å². The Labute approximate surface area is 357 Å². The van der Waals surface area contributed by atoms with E-state index in [1.165, 1.54) is 6.92 Å². The van der Waals surface area contributed by atoms with Crippen LogP contribution in [0.3, 0.4) is 0 Å². The number of carbonyl (C=O) groups is 6. The zero-order valence-electron chi connectivity index (χ0n) is 34.2. The van der Waals surface area contributed by atoms with E-state index in [0.717, 1.165) is 38.0 Å². The van der Waals surface area contributed by atoms with E-state index >= 15 is 0 Å². The number of ether oxygens (including phenoxy) is 8. The van der Waals surface area contributed by atoms with E-state index in [1.807, 2.05) is 0 Å². The Bertz CT molecular complexity index is 1670. The third-order valence-electron chi connectivity index (χ3n) is 11.0. The normalized spacial score (nSPS) is 41.9. The monoisotopic (exact) mass is 910 g/mol. The minimum atomic E-state index is -2.24. The molecule has 356 valence electrons. The molecule has 0 aromatic heterocycles. The van der Waals surface area contributed by atoms with Crippen molar-refractivity contribution in [3.8, 4) is 0 Å². The second-order valence-electron chi connectivity index (χ2n) is 15.3. The standard InChI is InChI=1S/C36H54N4O23/c1-11-18(38-12(2)43)26(20(47)14(9-41)57-11)59-35-25(52)23(50)29(30(62-35)32(53)37-7-8-40-16(45)5-6-17(40)46)61-34-19(39-13(3)44)27(21(48)15(10-42)58-34)60-36-24(51)22(49)28(56-4)31(63-36)33(54)55/h5-6,11,14-15,18-31,34-36,41-42,47-52H,7-10H2,1-4H3,(H,37,53)(H,38,43)(H,39,44)(H,54,55). The molecule has 27 nitrogen and oxygen atoms in total. The number of imide groups is 1. The van der Waals surface area contributed by atoms with Crippen molar-refractivity contribution in [3.63, 3.8) is 0 Å². The number of amides is 5. The van der Waals surface area contributed by atoms with Gasteiger partial charge in [0.25, 0.3) is 17.7 Å². The van der Waals surface area contributed by atoms with Crippen LogP contribution in [0.4, 0.5) is 0 Å². The van der Waals surface area contributed by atoms with Gasteiger partial charge in [-0.25, -0.2) is 4.79 Å². The molecule has 0 aromatic rings. The first kappa shape index (κ1) is 50.1. The summed E-state index contributed by atoms with van der Waals surface area (Å²) in [5.41, 5.74) is 0. The highest BCUT2D eigenvalue weighted by Gasteiger charge is 2.57. The lowest BCUT2D eigenvalue weighted by Gasteiger charge is -2.50. The number of carbonyl (C=O) groups excluding carboxylic acids is 5. The second kappa shape index (κ2) is 21.4. The van der Waals surface area contributed by atoms with E-state index in [2.05, 4.69) is 16.0 Å². The molecule has 0 bridgehead atoms. The molecule has 0 radical (unpaired) electrons. The first-order valence-electron chi connectivity index (χ1n) is 19.7. The third kappa shape index (κ3) is 11.0. The SMILES string of the molecule is COC1C(C(=O)O)OC(OC2C(O)C(CO)OC(OC3C(C(=O)NCCN4C(=O)C=CC4=O)OC(OC4C(O)C(CO)OC(C)C4NC(C)=O)C(O)C3O)C2NC(C)=O)C(O)C1O. The van der Waals surface area contributed by atoms with Crippen LogP contribution in [0.2, 0.25) is 0 Å². The Morgan fingerprint density at radius 2 is 1.13 bits per heavy atom. The fourth-order valence-electron chi connectivity index (χ4n) is 7.85. The summed E-state index contributed by atoms with van der Waals surface area (Å²) in [6.45, 7) is 1.16. The number of methoxy groups -OCH3 is 1. The van der Waals surface area contributed by atoms with Crippen molar-refractivity contribution >= 4 is 35.5 Å². The Balaban J connectivity index is 1.47. The highest BCUT2D eigenvalue weighted by atomic mass is 16.8. The Morgan fingerprint density at radius 1 is 0.651 bits per heavy atom. The zero-order valence-corrected chi connectivity index (χ0v) is 34.2. The minimum absolute atomic E-state index is 0.351. The number of carboxylic acids is 1. The molecule has 5 heterocycles. The number of nitrogens with zero attached hydrogens (tertiary/aromatic N) is 1. The average Bonchev–Trinajstić information content (AvgIpc) is 3.55. The van der Waals surface area contributed by atoms with Crippen molar-refractivity contribution in [1.82, 2.24) is 20.9 Å². The van der Waals surface area contributed by atoms with Gasteiger partial charge in [-0.2, -0.15) is 0 Å². The molecule has 27 heteroatoms. The number of aliphatic hydroxyl groups excluding tert-OH is 8. The molecule has 4 fully saturated rings. The molecule has 5 aliphatic rings. The number of aliphatic hydroxyl groups is 8. The largest absolute Gasteiger partial charge is 0.479 e. The van der Waals surface area contributed by atoms with Gasteiger partial charge in [0.15, 0.2) is 31.1 Å². The number of hydrogen-bond acceptors (Lipinski definition) is 22. The molecule has 5 rings (SSSR count). The van der Waals surface area contributed by atoms with Gasteiger partial charge in [0.1, 0.15) is 79.3 Å². The van der Waals surface area contributed by atoms with E-state index in [0.29, 0.717) is 0 Å². The highest BCUT2D eigenvalue weighted by Crippen LogP contribution is 2.35. The maximum absolute atomic E-state index is 14.0. The fourth-order valence-corrected chi connectivity index (χ4v) is 7.85. The van der Waals surface area contributed by atoms with Gasteiger partial charge in [-0.1, -0.05) is 0 Å². The first-order valence-corrected chi connectivity index (χ1v) is 19.7. The summed E-state index contributed by atoms with van der Waals surface area (Å²) >= 11 is 0. The predicted octanol–water partition coefficient (Wildman–Crippen LogP) is -8.60. The van der Waals surface area contributed by atoms with Crippen molar-refractivity contribution in [2.75, 3.05) is 33.4 Å². The average molecular weight is 911 g/mol. The number of hydrogen-bond donors (Lipinski definition) is 12. The highest BCUT2D eigenvalue weighted by molar-refractivity contribution is 6.12. The van der Waals surface area contributed by atoms with Gasteiger partial charge in [0.2, 0.25) is 11.8 Å². The summed E-state index contributed by atoms with van der Waals surface area (Å²) < 4.78 is 45.5. The molecule has 20 atom stereocenters.